The third-order valence-corrected chi connectivity index (χ3v) is 4.41. The molecule has 4 nitrogen and oxygen atoms in total. The van der Waals surface area contributed by atoms with Gasteiger partial charge < -0.3 is 14.1 Å². The van der Waals surface area contributed by atoms with Gasteiger partial charge in [-0.1, -0.05) is 19.3 Å². The number of hydrogen-bond acceptors (Lipinski definition) is 3. The van der Waals surface area contributed by atoms with Crippen LogP contribution in [-0.4, -0.2) is 31.0 Å². The van der Waals surface area contributed by atoms with E-state index in [-0.39, 0.29) is 5.91 Å². The van der Waals surface area contributed by atoms with Crippen molar-refractivity contribution in [3.63, 3.8) is 0 Å². The molecule has 1 fully saturated rings. The smallest absolute Gasteiger partial charge is 0.227 e. The molecule has 1 aliphatic rings. The number of nitrogens with zero attached hydrogens (tertiary/aromatic N) is 1. The van der Waals surface area contributed by atoms with Crippen LogP contribution in [-0.2, 0) is 11.2 Å². The number of hydrogen-bond donors (Lipinski definition) is 0. The molecule has 1 aliphatic heterocycles. The topological polar surface area (TPSA) is 42.7 Å². The molecular formula is C18H23NO3. The molecule has 1 amide bonds. The molecule has 0 bridgehead atoms. The van der Waals surface area contributed by atoms with Gasteiger partial charge in [0.15, 0.2) is 0 Å². The lowest BCUT2D eigenvalue weighted by Gasteiger charge is -2.24. The van der Waals surface area contributed by atoms with E-state index in [2.05, 4.69) is 0 Å². The van der Waals surface area contributed by atoms with Crippen LogP contribution < -0.4 is 4.74 Å². The van der Waals surface area contributed by atoms with E-state index in [0.717, 1.165) is 48.2 Å². The van der Waals surface area contributed by atoms with E-state index in [1.165, 1.54) is 19.3 Å². The maximum absolute atomic E-state index is 12.6. The molecule has 0 saturated carbocycles. The Morgan fingerprint density at radius 3 is 2.64 bits per heavy atom. The molecule has 22 heavy (non-hydrogen) atoms. The number of amides is 1. The van der Waals surface area contributed by atoms with Crippen LogP contribution in [0.4, 0.5) is 0 Å². The van der Waals surface area contributed by atoms with Crippen molar-refractivity contribution in [1.29, 1.82) is 0 Å². The van der Waals surface area contributed by atoms with Crippen molar-refractivity contribution in [2.75, 3.05) is 20.2 Å². The molecule has 1 aromatic heterocycles. The van der Waals surface area contributed by atoms with Crippen LogP contribution in [0, 0.1) is 0 Å². The molecular weight excluding hydrogens is 278 g/mol. The monoisotopic (exact) mass is 301 g/mol. The lowest BCUT2D eigenvalue weighted by atomic mass is 10.1. The van der Waals surface area contributed by atoms with Crippen LogP contribution in [0.1, 0.15) is 37.7 Å². The molecule has 3 rings (SSSR count). The lowest BCUT2D eigenvalue weighted by Crippen LogP contribution is -2.34. The number of benzene rings is 1. The molecule has 2 heterocycles. The first-order chi connectivity index (χ1) is 10.8. The Morgan fingerprint density at radius 2 is 1.91 bits per heavy atom. The number of furan rings is 1. The van der Waals surface area contributed by atoms with Crippen LogP contribution in [0.2, 0.25) is 0 Å². The number of rotatable bonds is 3. The zero-order valence-electron chi connectivity index (χ0n) is 13.1. The molecule has 118 valence electrons. The van der Waals surface area contributed by atoms with Gasteiger partial charge in [0.2, 0.25) is 5.91 Å². The third kappa shape index (κ3) is 3.26. The van der Waals surface area contributed by atoms with E-state index in [1.807, 2.05) is 23.1 Å². The minimum atomic E-state index is 0.209. The highest BCUT2D eigenvalue weighted by atomic mass is 16.5. The normalized spacial score (nSPS) is 16.3. The Balaban J connectivity index is 1.73. The van der Waals surface area contributed by atoms with Crippen molar-refractivity contribution in [1.82, 2.24) is 4.90 Å². The van der Waals surface area contributed by atoms with Gasteiger partial charge in [0.05, 0.1) is 19.8 Å². The Morgan fingerprint density at radius 1 is 1.18 bits per heavy atom. The summed E-state index contributed by atoms with van der Waals surface area (Å²) >= 11 is 0. The van der Waals surface area contributed by atoms with Crippen molar-refractivity contribution in [3.8, 4) is 5.75 Å². The fraction of sp³-hybridized carbons (Fsp3) is 0.500. The largest absolute Gasteiger partial charge is 0.497 e. The molecule has 0 spiro atoms. The highest BCUT2D eigenvalue weighted by molar-refractivity contribution is 5.88. The van der Waals surface area contributed by atoms with Crippen LogP contribution in [0.5, 0.6) is 5.75 Å². The first-order valence-electron chi connectivity index (χ1n) is 8.10. The van der Waals surface area contributed by atoms with Gasteiger partial charge in [0.1, 0.15) is 11.3 Å². The lowest BCUT2D eigenvalue weighted by molar-refractivity contribution is -0.130. The van der Waals surface area contributed by atoms with Crippen molar-refractivity contribution < 1.29 is 13.9 Å². The molecule has 1 saturated heterocycles. The second kappa shape index (κ2) is 6.86. The Bertz CT molecular complexity index is 639. The van der Waals surface area contributed by atoms with E-state index >= 15 is 0 Å². The van der Waals surface area contributed by atoms with E-state index in [0.29, 0.717) is 6.42 Å². The number of carbonyl (C=O) groups is 1. The SMILES string of the molecule is COc1ccc2c(CC(=O)N3CCCCCCC3)coc2c1. The van der Waals surface area contributed by atoms with Crippen LogP contribution in [0.15, 0.2) is 28.9 Å². The molecule has 0 aliphatic carbocycles. The number of likely N-dealkylation sites (tertiary alicyclic amines) is 1. The molecule has 4 heteroatoms. The van der Waals surface area contributed by atoms with E-state index in [4.69, 9.17) is 9.15 Å². The van der Waals surface area contributed by atoms with Crippen molar-refractivity contribution in [2.24, 2.45) is 0 Å². The summed E-state index contributed by atoms with van der Waals surface area (Å²) in [6.45, 7) is 1.78. The first kappa shape index (κ1) is 14.9. The zero-order chi connectivity index (χ0) is 15.4. The summed E-state index contributed by atoms with van der Waals surface area (Å²) in [4.78, 5) is 14.6. The number of ether oxygens (including phenoxy) is 1. The summed E-state index contributed by atoms with van der Waals surface area (Å²) in [6.07, 6.45) is 8.13. The van der Waals surface area contributed by atoms with E-state index < -0.39 is 0 Å². The average Bonchev–Trinajstić information content (AvgIpc) is 2.89. The van der Waals surface area contributed by atoms with Crippen LogP contribution in [0.25, 0.3) is 11.0 Å². The van der Waals surface area contributed by atoms with Crippen LogP contribution in [0.3, 0.4) is 0 Å². The van der Waals surface area contributed by atoms with Gasteiger partial charge >= 0.3 is 0 Å². The standard InChI is InChI=1S/C18H23NO3/c1-21-15-7-8-16-14(13-22-17(16)12-15)11-18(20)19-9-5-3-2-4-6-10-19/h7-8,12-13H,2-6,9-11H2,1H3. The van der Waals surface area contributed by atoms with Gasteiger partial charge in [-0.3, -0.25) is 4.79 Å². The summed E-state index contributed by atoms with van der Waals surface area (Å²) in [6, 6.07) is 5.73. The average molecular weight is 301 g/mol. The maximum atomic E-state index is 12.6. The molecule has 0 N–H and O–H groups in total. The molecule has 0 atom stereocenters. The summed E-state index contributed by atoms with van der Waals surface area (Å²) in [5, 5.41) is 1.00. The van der Waals surface area contributed by atoms with Gasteiger partial charge in [-0.05, 0) is 25.0 Å². The van der Waals surface area contributed by atoms with E-state index in [9.17, 15) is 4.79 Å². The first-order valence-corrected chi connectivity index (χ1v) is 8.10. The quantitative estimate of drug-likeness (QED) is 0.866. The minimum absolute atomic E-state index is 0.209. The summed E-state index contributed by atoms with van der Waals surface area (Å²) < 4.78 is 10.8. The highest BCUT2D eigenvalue weighted by Gasteiger charge is 2.17. The predicted molar refractivity (Wildman–Crippen MR) is 86.1 cm³/mol. The van der Waals surface area contributed by atoms with Crippen LogP contribution >= 0.6 is 0 Å². The Labute approximate surface area is 131 Å². The number of fused-ring (bicyclic) bond motifs is 1. The van der Waals surface area contributed by atoms with Gasteiger partial charge in [0.25, 0.3) is 0 Å². The predicted octanol–water partition coefficient (Wildman–Crippen LogP) is 3.78. The zero-order valence-corrected chi connectivity index (χ0v) is 13.1. The molecule has 0 unspecified atom stereocenters. The number of carbonyl (C=O) groups excluding carboxylic acids is 1. The van der Waals surface area contributed by atoms with E-state index in [1.54, 1.807) is 13.4 Å². The Hall–Kier alpha value is -1.97. The summed E-state index contributed by atoms with van der Waals surface area (Å²) in [7, 11) is 1.64. The van der Waals surface area contributed by atoms with Gasteiger partial charge in [-0.25, -0.2) is 0 Å². The third-order valence-electron chi connectivity index (χ3n) is 4.41. The number of methoxy groups -OCH3 is 1. The highest BCUT2D eigenvalue weighted by Crippen LogP contribution is 2.26. The molecule has 1 aromatic carbocycles. The minimum Gasteiger partial charge on any atom is -0.497 e. The van der Waals surface area contributed by atoms with Crippen molar-refractivity contribution in [3.05, 3.63) is 30.0 Å². The second-order valence-corrected chi connectivity index (χ2v) is 5.95. The Kier molecular flexibility index (Phi) is 4.66. The van der Waals surface area contributed by atoms with Crippen molar-refractivity contribution in [2.45, 2.75) is 38.5 Å². The fourth-order valence-corrected chi connectivity index (χ4v) is 3.10. The van der Waals surface area contributed by atoms with Gasteiger partial charge in [-0.15, -0.1) is 0 Å². The maximum Gasteiger partial charge on any atom is 0.227 e. The fourth-order valence-electron chi connectivity index (χ4n) is 3.10. The molecule has 2 aromatic rings. The van der Waals surface area contributed by atoms with Crippen molar-refractivity contribution >= 4 is 16.9 Å². The van der Waals surface area contributed by atoms with Gasteiger partial charge in [-0.2, -0.15) is 0 Å². The molecule has 0 radical (unpaired) electrons. The summed E-state index contributed by atoms with van der Waals surface area (Å²) in [5.41, 5.74) is 1.74. The van der Waals surface area contributed by atoms with Gasteiger partial charge in [0, 0.05) is 30.1 Å². The summed E-state index contributed by atoms with van der Waals surface area (Å²) in [5.74, 6) is 0.976. The second-order valence-electron chi connectivity index (χ2n) is 5.95.